The monoisotopic (exact) mass is 353 g/mol. The molecule has 0 radical (unpaired) electrons. The number of hydrogen-bond acceptors (Lipinski definition) is 4. The standard InChI is InChI=1S/C20H27N5O/c1-15-12-16(2)17(18(13-15)25-9-3-6-23-25)14-24-10-4-20(5-11-24)19(26)21-7-8-22-20/h3,6,9,12-13,22H,4-5,7-8,10-11,14H2,1-2H3,(H,21,26). The van der Waals surface area contributed by atoms with Crippen LogP contribution in [0.2, 0.25) is 0 Å². The number of amides is 1. The van der Waals surface area contributed by atoms with Gasteiger partial charge in [0, 0.05) is 45.1 Å². The number of carbonyl (C=O) groups is 1. The van der Waals surface area contributed by atoms with Crippen molar-refractivity contribution in [3.8, 4) is 5.69 Å². The fourth-order valence-electron chi connectivity index (χ4n) is 4.24. The van der Waals surface area contributed by atoms with Gasteiger partial charge in [0.1, 0.15) is 5.54 Å². The number of benzene rings is 1. The van der Waals surface area contributed by atoms with Gasteiger partial charge in [-0.25, -0.2) is 4.68 Å². The van der Waals surface area contributed by atoms with Gasteiger partial charge in [-0.15, -0.1) is 0 Å². The number of aryl methyl sites for hydroxylation is 2. The van der Waals surface area contributed by atoms with Crippen LogP contribution in [0.25, 0.3) is 5.69 Å². The van der Waals surface area contributed by atoms with Crippen LogP contribution in [-0.4, -0.2) is 52.3 Å². The lowest BCUT2D eigenvalue weighted by Gasteiger charge is -2.43. The molecule has 0 unspecified atom stereocenters. The molecule has 2 fully saturated rings. The van der Waals surface area contributed by atoms with Gasteiger partial charge in [0.15, 0.2) is 0 Å². The highest BCUT2D eigenvalue weighted by molar-refractivity contribution is 5.87. The van der Waals surface area contributed by atoms with Crippen LogP contribution in [0.1, 0.15) is 29.5 Å². The van der Waals surface area contributed by atoms with Crippen molar-refractivity contribution < 1.29 is 4.79 Å². The van der Waals surface area contributed by atoms with Crippen molar-refractivity contribution in [2.75, 3.05) is 26.2 Å². The van der Waals surface area contributed by atoms with Crippen molar-refractivity contribution in [2.24, 2.45) is 0 Å². The van der Waals surface area contributed by atoms with Gasteiger partial charge in [0.2, 0.25) is 5.91 Å². The minimum Gasteiger partial charge on any atom is -0.353 e. The number of nitrogens with one attached hydrogen (secondary N) is 2. The number of carbonyl (C=O) groups excluding carboxylic acids is 1. The Hall–Kier alpha value is -2.18. The van der Waals surface area contributed by atoms with E-state index in [4.69, 9.17) is 0 Å². The summed E-state index contributed by atoms with van der Waals surface area (Å²) in [6, 6.07) is 6.40. The molecule has 3 heterocycles. The summed E-state index contributed by atoms with van der Waals surface area (Å²) in [5, 5.41) is 10.9. The molecular formula is C20H27N5O. The first-order chi connectivity index (χ1) is 12.6. The summed E-state index contributed by atoms with van der Waals surface area (Å²) in [5.41, 5.74) is 4.65. The molecule has 0 saturated carbocycles. The van der Waals surface area contributed by atoms with Crippen molar-refractivity contribution in [1.29, 1.82) is 0 Å². The van der Waals surface area contributed by atoms with Crippen LogP contribution in [0.4, 0.5) is 0 Å². The Labute approximate surface area is 154 Å². The van der Waals surface area contributed by atoms with Gasteiger partial charge in [-0.2, -0.15) is 5.10 Å². The van der Waals surface area contributed by atoms with E-state index in [0.29, 0.717) is 0 Å². The predicted molar refractivity (Wildman–Crippen MR) is 101 cm³/mol. The first-order valence-corrected chi connectivity index (χ1v) is 9.43. The first-order valence-electron chi connectivity index (χ1n) is 9.43. The van der Waals surface area contributed by atoms with Crippen molar-refractivity contribution in [2.45, 2.75) is 38.8 Å². The third-order valence-corrected chi connectivity index (χ3v) is 5.74. The Morgan fingerprint density at radius 1 is 1.19 bits per heavy atom. The molecular weight excluding hydrogens is 326 g/mol. The molecule has 6 heteroatoms. The summed E-state index contributed by atoms with van der Waals surface area (Å²) in [7, 11) is 0. The summed E-state index contributed by atoms with van der Waals surface area (Å²) in [6.07, 6.45) is 5.54. The van der Waals surface area contributed by atoms with Crippen LogP contribution < -0.4 is 10.6 Å². The number of aromatic nitrogens is 2. The maximum absolute atomic E-state index is 12.3. The van der Waals surface area contributed by atoms with Gasteiger partial charge in [-0.3, -0.25) is 9.69 Å². The molecule has 6 nitrogen and oxygen atoms in total. The molecule has 1 aromatic carbocycles. The second kappa shape index (κ2) is 6.85. The number of rotatable bonds is 3. The van der Waals surface area contributed by atoms with Crippen molar-refractivity contribution in [3.63, 3.8) is 0 Å². The fourth-order valence-corrected chi connectivity index (χ4v) is 4.24. The molecule has 0 bridgehead atoms. The largest absolute Gasteiger partial charge is 0.353 e. The Balaban J connectivity index is 1.53. The Bertz CT molecular complexity index is 791. The molecule has 0 atom stereocenters. The molecule has 4 rings (SSSR count). The molecule has 1 amide bonds. The second-order valence-electron chi connectivity index (χ2n) is 7.57. The molecule has 2 aliphatic rings. The highest BCUT2D eigenvalue weighted by Crippen LogP contribution is 2.28. The van der Waals surface area contributed by atoms with Crippen molar-refractivity contribution >= 4 is 5.91 Å². The molecule has 2 N–H and O–H groups in total. The van der Waals surface area contributed by atoms with E-state index in [9.17, 15) is 4.79 Å². The minimum atomic E-state index is -0.359. The van der Waals surface area contributed by atoms with Crippen molar-refractivity contribution in [3.05, 3.63) is 47.3 Å². The highest BCUT2D eigenvalue weighted by atomic mass is 16.2. The SMILES string of the molecule is Cc1cc(C)c(CN2CCC3(CC2)NCCNC3=O)c(-n2cccn2)c1. The Kier molecular flexibility index (Phi) is 4.54. The average molecular weight is 353 g/mol. The predicted octanol–water partition coefficient (Wildman–Crippen LogP) is 1.54. The average Bonchev–Trinajstić information content (AvgIpc) is 3.16. The lowest BCUT2D eigenvalue weighted by Crippen LogP contribution is -2.66. The maximum atomic E-state index is 12.3. The number of piperazine rings is 1. The van der Waals surface area contributed by atoms with Gasteiger partial charge in [0.25, 0.3) is 0 Å². The molecule has 138 valence electrons. The molecule has 1 aromatic heterocycles. The first kappa shape index (κ1) is 17.2. The number of piperidine rings is 1. The quantitative estimate of drug-likeness (QED) is 0.879. The summed E-state index contributed by atoms with van der Waals surface area (Å²) >= 11 is 0. The lowest BCUT2D eigenvalue weighted by atomic mass is 9.85. The summed E-state index contributed by atoms with van der Waals surface area (Å²) in [5.74, 6) is 0.173. The fraction of sp³-hybridized carbons (Fsp3) is 0.500. The zero-order chi connectivity index (χ0) is 18.1. The van der Waals surface area contributed by atoms with Gasteiger partial charge in [-0.1, -0.05) is 6.07 Å². The minimum absolute atomic E-state index is 0.173. The van der Waals surface area contributed by atoms with Gasteiger partial charge in [-0.05, 0) is 55.5 Å². The second-order valence-corrected chi connectivity index (χ2v) is 7.57. The molecule has 26 heavy (non-hydrogen) atoms. The number of nitrogens with zero attached hydrogens (tertiary/aromatic N) is 3. The molecule has 0 aliphatic carbocycles. The summed E-state index contributed by atoms with van der Waals surface area (Å²) in [4.78, 5) is 14.8. The normalized spacial score (nSPS) is 20.3. The molecule has 2 aliphatic heterocycles. The molecule has 1 spiro atoms. The van der Waals surface area contributed by atoms with E-state index >= 15 is 0 Å². The van der Waals surface area contributed by atoms with E-state index in [0.717, 1.165) is 51.3 Å². The topological polar surface area (TPSA) is 62.2 Å². The van der Waals surface area contributed by atoms with Crippen LogP contribution in [0, 0.1) is 13.8 Å². The van der Waals surface area contributed by atoms with E-state index < -0.39 is 0 Å². The van der Waals surface area contributed by atoms with E-state index in [-0.39, 0.29) is 11.4 Å². The Morgan fingerprint density at radius 2 is 2.00 bits per heavy atom. The van der Waals surface area contributed by atoms with Gasteiger partial charge >= 0.3 is 0 Å². The van der Waals surface area contributed by atoms with Gasteiger partial charge in [0.05, 0.1) is 5.69 Å². The van der Waals surface area contributed by atoms with Crippen LogP contribution >= 0.6 is 0 Å². The zero-order valence-corrected chi connectivity index (χ0v) is 15.6. The third-order valence-electron chi connectivity index (χ3n) is 5.74. The number of likely N-dealkylation sites (tertiary alicyclic amines) is 1. The van der Waals surface area contributed by atoms with E-state index in [1.54, 1.807) is 0 Å². The Morgan fingerprint density at radius 3 is 2.69 bits per heavy atom. The molecule has 2 saturated heterocycles. The molecule has 2 aromatic rings. The van der Waals surface area contributed by atoms with Crippen molar-refractivity contribution in [1.82, 2.24) is 25.3 Å². The lowest BCUT2D eigenvalue weighted by molar-refractivity contribution is -0.131. The number of hydrogen-bond donors (Lipinski definition) is 2. The third kappa shape index (κ3) is 3.15. The van der Waals surface area contributed by atoms with Gasteiger partial charge < -0.3 is 10.6 Å². The zero-order valence-electron chi connectivity index (χ0n) is 15.6. The highest BCUT2D eigenvalue weighted by Gasteiger charge is 2.42. The smallest absolute Gasteiger partial charge is 0.240 e. The summed E-state index contributed by atoms with van der Waals surface area (Å²) < 4.78 is 1.96. The van der Waals surface area contributed by atoms with E-state index in [1.165, 1.54) is 16.7 Å². The summed E-state index contributed by atoms with van der Waals surface area (Å²) in [6.45, 7) is 8.64. The van der Waals surface area contributed by atoms with Crippen LogP contribution in [0.3, 0.4) is 0 Å². The van der Waals surface area contributed by atoms with Crippen LogP contribution in [-0.2, 0) is 11.3 Å². The van der Waals surface area contributed by atoms with E-state index in [2.05, 4.69) is 46.6 Å². The van der Waals surface area contributed by atoms with Crippen LogP contribution in [0.5, 0.6) is 0 Å². The maximum Gasteiger partial charge on any atom is 0.240 e. The van der Waals surface area contributed by atoms with Crippen LogP contribution in [0.15, 0.2) is 30.6 Å². The van der Waals surface area contributed by atoms with E-state index in [1.807, 2.05) is 23.1 Å².